The second-order valence-corrected chi connectivity index (χ2v) is 3.72. The number of halogens is 5. The Hall–Kier alpha value is -0.300. The molecule has 0 bridgehead atoms. The second kappa shape index (κ2) is 3.83. The summed E-state index contributed by atoms with van der Waals surface area (Å²) in [6, 6.07) is 2.63. The number of aromatic nitrogens is 1. The average Bonchev–Trinajstić information content (AvgIpc) is 1.78. The second-order valence-electron chi connectivity index (χ2n) is 1.99. The van der Waals surface area contributed by atoms with Crippen LogP contribution in [0.3, 0.4) is 0 Å². The number of nitrogens with zero attached hydrogens (tertiary/aromatic N) is 1. The van der Waals surface area contributed by atoms with Gasteiger partial charge in [-0.1, -0.05) is 15.9 Å². The highest BCUT2D eigenvalue weighted by Crippen LogP contribution is 2.25. The van der Waals surface area contributed by atoms with Gasteiger partial charge in [-0.25, -0.2) is 4.98 Å². The molecule has 1 rings (SSSR count). The van der Waals surface area contributed by atoms with Crippen LogP contribution in [0.2, 0.25) is 0 Å². The van der Waals surface area contributed by atoms with Gasteiger partial charge in [-0.15, -0.1) is 13.2 Å². The summed E-state index contributed by atoms with van der Waals surface area (Å²) in [5, 5.41) is 0. The van der Waals surface area contributed by atoms with Crippen molar-refractivity contribution < 1.29 is 17.9 Å². The zero-order chi connectivity index (χ0) is 10.1. The van der Waals surface area contributed by atoms with E-state index in [2.05, 4.69) is 41.6 Å². The molecule has 1 heterocycles. The van der Waals surface area contributed by atoms with Gasteiger partial charge in [0.05, 0.1) is 0 Å². The van der Waals surface area contributed by atoms with Gasteiger partial charge in [0.15, 0.2) is 0 Å². The van der Waals surface area contributed by atoms with Gasteiger partial charge in [-0.2, -0.15) is 0 Å². The van der Waals surface area contributed by atoms with Crippen LogP contribution >= 0.6 is 31.9 Å². The highest BCUT2D eigenvalue weighted by molar-refractivity contribution is 9.11. The van der Waals surface area contributed by atoms with Gasteiger partial charge in [0.2, 0.25) is 5.88 Å². The predicted molar refractivity (Wildman–Crippen MR) is 46.3 cm³/mol. The number of hydrogen-bond acceptors (Lipinski definition) is 2. The molecule has 0 N–H and O–H groups in total. The molecule has 0 radical (unpaired) electrons. The molecule has 0 aliphatic rings. The van der Waals surface area contributed by atoms with Gasteiger partial charge < -0.3 is 4.74 Å². The lowest BCUT2D eigenvalue weighted by atomic mass is 10.5. The number of ether oxygens (including phenoxy) is 1. The van der Waals surface area contributed by atoms with Crippen LogP contribution in [0.25, 0.3) is 0 Å². The Kier molecular flexibility index (Phi) is 3.18. The molecular weight excluding hydrogens is 319 g/mol. The van der Waals surface area contributed by atoms with Crippen molar-refractivity contribution in [3.8, 4) is 5.88 Å². The molecule has 0 atom stereocenters. The van der Waals surface area contributed by atoms with Crippen LogP contribution in [0.1, 0.15) is 0 Å². The minimum Gasteiger partial charge on any atom is -0.388 e. The van der Waals surface area contributed by atoms with Gasteiger partial charge in [0.1, 0.15) is 4.60 Å². The van der Waals surface area contributed by atoms with Crippen molar-refractivity contribution >= 4 is 31.9 Å². The van der Waals surface area contributed by atoms with E-state index < -0.39 is 12.2 Å². The number of rotatable bonds is 1. The van der Waals surface area contributed by atoms with Crippen molar-refractivity contribution in [3.05, 3.63) is 21.2 Å². The molecule has 0 amide bonds. The summed E-state index contributed by atoms with van der Waals surface area (Å²) in [6.45, 7) is 0. The summed E-state index contributed by atoms with van der Waals surface area (Å²) in [7, 11) is 0. The van der Waals surface area contributed by atoms with Crippen LogP contribution in [0.4, 0.5) is 13.2 Å². The molecule has 13 heavy (non-hydrogen) atoms. The van der Waals surface area contributed by atoms with Crippen molar-refractivity contribution in [2.24, 2.45) is 0 Å². The minimum atomic E-state index is -4.72. The third kappa shape index (κ3) is 3.95. The van der Waals surface area contributed by atoms with E-state index in [1.807, 2.05) is 0 Å². The van der Waals surface area contributed by atoms with E-state index in [0.717, 1.165) is 6.07 Å². The Morgan fingerprint density at radius 3 is 2.31 bits per heavy atom. The van der Waals surface area contributed by atoms with Gasteiger partial charge in [0.25, 0.3) is 0 Å². The zero-order valence-electron chi connectivity index (χ0n) is 5.90. The third-order valence-corrected chi connectivity index (χ3v) is 1.82. The van der Waals surface area contributed by atoms with E-state index in [4.69, 9.17) is 0 Å². The van der Waals surface area contributed by atoms with E-state index in [0.29, 0.717) is 4.47 Å². The molecule has 72 valence electrons. The van der Waals surface area contributed by atoms with Gasteiger partial charge in [-0.05, 0) is 22.0 Å². The van der Waals surface area contributed by atoms with E-state index >= 15 is 0 Å². The van der Waals surface area contributed by atoms with Crippen LogP contribution in [0.5, 0.6) is 5.88 Å². The Balaban J connectivity index is 2.90. The molecule has 2 nitrogen and oxygen atoms in total. The van der Waals surface area contributed by atoms with Crippen molar-refractivity contribution in [1.82, 2.24) is 4.98 Å². The molecule has 1 aromatic heterocycles. The van der Waals surface area contributed by atoms with E-state index in [1.54, 1.807) is 0 Å². The molecule has 0 aromatic carbocycles. The standard InChI is InChI=1S/C6H2Br2F3NO/c7-3-1-4(8)12-5(2-3)13-6(9,10)11/h1-2H. The summed E-state index contributed by atoms with van der Waals surface area (Å²) in [4.78, 5) is 3.46. The molecule has 7 heteroatoms. The summed E-state index contributed by atoms with van der Waals surface area (Å²) in [5.41, 5.74) is 0. The summed E-state index contributed by atoms with van der Waals surface area (Å²) < 4.78 is 39.4. The highest BCUT2D eigenvalue weighted by atomic mass is 79.9. The van der Waals surface area contributed by atoms with Gasteiger partial charge >= 0.3 is 6.36 Å². The number of pyridine rings is 1. The van der Waals surface area contributed by atoms with Crippen LogP contribution in [0, 0.1) is 0 Å². The van der Waals surface area contributed by atoms with E-state index in [-0.39, 0.29) is 4.60 Å². The first kappa shape index (κ1) is 10.8. The maximum Gasteiger partial charge on any atom is 0.574 e. The van der Waals surface area contributed by atoms with Crippen LogP contribution < -0.4 is 4.74 Å². The van der Waals surface area contributed by atoms with E-state index in [1.165, 1.54) is 6.07 Å². The number of alkyl halides is 3. The first-order valence-electron chi connectivity index (χ1n) is 2.96. The average molecular weight is 321 g/mol. The molecule has 0 saturated heterocycles. The lowest BCUT2D eigenvalue weighted by Gasteiger charge is -2.07. The molecule has 0 aliphatic heterocycles. The highest BCUT2D eigenvalue weighted by Gasteiger charge is 2.31. The Labute approximate surface area is 88.4 Å². The first-order chi connectivity index (χ1) is 5.87. The maximum atomic E-state index is 11.7. The van der Waals surface area contributed by atoms with Gasteiger partial charge in [0, 0.05) is 10.5 Å². The molecule has 1 aromatic rings. The minimum absolute atomic E-state index is 0.265. The maximum absolute atomic E-state index is 11.7. The van der Waals surface area contributed by atoms with Gasteiger partial charge in [-0.3, -0.25) is 0 Å². The molecular formula is C6H2Br2F3NO. The molecule has 0 fully saturated rings. The fourth-order valence-electron chi connectivity index (χ4n) is 0.614. The number of hydrogen-bond donors (Lipinski definition) is 0. The largest absolute Gasteiger partial charge is 0.574 e. The fourth-order valence-corrected chi connectivity index (χ4v) is 1.76. The molecule has 0 unspecified atom stereocenters. The Bertz CT molecular complexity index is 295. The summed E-state index contributed by atoms with van der Waals surface area (Å²) >= 11 is 5.94. The SMILES string of the molecule is FC(F)(F)Oc1cc(Br)cc(Br)n1. The van der Waals surface area contributed by atoms with Crippen molar-refractivity contribution in [1.29, 1.82) is 0 Å². The topological polar surface area (TPSA) is 22.1 Å². The molecule has 0 spiro atoms. The van der Waals surface area contributed by atoms with Crippen LogP contribution in [0.15, 0.2) is 21.2 Å². The molecule has 0 aliphatic carbocycles. The lowest BCUT2D eigenvalue weighted by molar-refractivity contribution is -0.276. The van der Waals surface area contributed by atoms with Crippen molar-refractivity contribution in [2.45, 2.75) is 6.36 Å². The lowest BCUT2D eigenvalue weighted by Crippen LogP contribution is -2.17. The fraction of sp³-hybridized carbons (Fsp3) is 0.167. The Morgan fingerprint density at radius 1 is 1.23 bits per heavy atom. The zero-order valence-corrected chi connectivity index (χ0v) is 9.07. The Morgan fingerprint density at radius 2 is 1.85 bits per heavy atom. The normalized spacial score (nSPS) is 11.5. The quantitative estimate of drug-likeness (QED) is 0.739. The van der Waals surface area contributed by atoms with Crippen LogP contribution in [-0.4, -0.2) is 11.3 Å². The molecule has 0 saturated carbocycles. The first-order valence-corrected chi connectivity index (χ1v) is 4.54. The smallest absolute Gasteiger partial charge is 0.388 e. The van der Waals surface area contributed by atoms with Crippen molar-refractivity contribution in [3.63, 3.8) is 0 Å². The predicted octanol–water partition coefficient (Wildman–Crippen LogP) is 3.51. The van der Waals surface area contributed by atoms with Crippen LogP contribution in [-0.2, 0) is 0 Å². The third-order valence-electron chi connectivity index (χ3n) is 0.956. The summed E-state index contributed by atoms with van der Waals surface area (Å²) in [6.07, 6.45) is -4.72. The monoisotopic (exact) mass is 319 g/mol. The van der Waals surface area contributed by atoms with E-state index in [9.17, 15) is 13.2 Å². The summed E-state index contributed by atoms with van der Waals surface area (Å²) in [5.74, 6) is -0.506. The van der Waals surface area contributed by atoms with Crippen molar-refractivity contribution in [2.75, 3.05) is 0 Å².